The summed E-state index contributed by atoms with van der Waals surface area (Å²) in [6.45, 7) is 4.18. The summed E-state index contributed by atoms with van der Waals surface area (Å²) in [5, 5.41) is 3.11. The fourth-order valence-corrected chi connectivity index (χ4v) is 1.56. The molecular weight excluding hydrogens is 188 g/mol. The molecule has 1 aromatic heterocycles. The van der Waals surface area contributed by atoms with Gasteiger partial charge in [-0.1, -0.05) is 6.92 Å². The normalized spacial score (nSPS) is 10.2. The topological polar surface area (TPSA) is 41.1 Å². The van der Waals surface area contributed by atoms with E-state index in [4.69, 9.17) is 0 Å². The average molecular weight is 208 g/mol. The molecule has 0 atom stereocenters. The maximum atomic E-state index is 4.54. The summed E-state index contributed by atoms with van der Waals surface area (Å²) in [5.41, 5.74) is 1.10. The Balaban J connectivity index is 3.19. The second kappa shape index (κ2) is 4.96. The van der Waals surface area contributed by atoms with E-state index in [2.05, 4.69) is 22.2 Å². The van der Waals surface area contributed by atoms with Crippen LogP contribution in [0.1, 0.15) is 24.7 Å². The number of nitrogens with zero attached hydrogens (tertiary/aromatic N) is 3. The van der Waals surface area contributed by atoms with Gasteiger partial charge in [0, 0.05) is 33.1 Å². The standard InChI is InChI=1S/C11H20N4/c1-6-7-9-13-10(12-3)8(2)11(14-9)15(4)5/h6-7H2,1-5H3,(H,12,13,14). The van der Waals surface area contributed by atoms with Gasteiger partial charge in [-0.15, -0.1) is 0 Å². The van der Waals surface area contributed by atoms with Gasteiger partial charge in [-0.25, -0.2) is 9.97 Å². The van der Waals surface area contributed by atoms with Gasteiger partial charge >= 0.3 is 0 Å². The zero-order valence-corrected chi connectivity index (χ0v) is 10.3. The average Bonchev–Trinajstić information content (AvgIpc) is 2.20. The Morgan fingerprint density at radius 3 is 2.40 bits per heavy atom. The van der Waals surface area contributed by atoms with Crippen LogP contribution in [0.25, 0.3) is 0 Å². The fraction of sp³-hybridized carbons (Fsp3) is 0.636. The van der Waals surface area contributed by atoms with Crippen molar-refractivity contribution in [2.24, 2.45) is 0 Å². The number of aryl methyl sites for hydroxylation is 1. The maximum absolute atomic E-state index is 4.54. The number of rotatable bonds is 4. The van der Waals surface area contributed by atoms with E-state index in [9.17, 15) is 0 Å². The first kappa shape index (κ1) is 11.8. The van der Waals surface area contributed by atoms with E-state index in [-0.39, 0.29) is 0 Å². The van der Waals surface area contributed by atoms with E-state index in [1.54, 1.807) is 0 Å². The van der Waals surface area contributed by atoms with Gasteiger partial charge in [0.25, 0.3) is 0 Å². The molecule has 1 heterocycles. The minimum atomic E-state index is 0.913. The lowest BCUT2D eigenvalue weighted by molar-refractivity contribution is 0.825. The van der Waals surface area contributed by atoms with Crippen molar-refractivity contribution in [3.05, 3.63) is 11.4 Å². The third-order valence-corrected chi connectivity index (χ3v) is 2.30. The van der Waals surface area contributed by atoms with Gasteiger partial charge in [0.1, 0.15) is 17.5 Å². The molecule has 0 spiro atoms. The van der Waals surface area contributed by atoms with Gasteiger partial charge in [0.15, 0.2) is 0 Å². The zero-order chi connectivity index (χ0) is 11.4. The lowest BCUT2D eigenvalue weighted by atomic mass is 10.2. The molecule has 4 heteroatoms. The smallest absolute Gasteiger partial charge is 0.136 e. The van der Waals surface area contributed by atoms with Crippen LogP contribution in [0.4, 0.5) is 11.6 Å². The highest BCUT2D eigenvalue weighted by Gasteiger charge is 2.10. The van der Waals surface area contributed by atoms with Crippen LogP contribution in [-0.2, 0) is 6.42 Å². The summed E-state index contributed by atoms with van der Waals surface area (Å²) >= 11 is 0. The highest BCUT2D eigenvalue weighted by Crippen LogP contribution is 2.21. The molecule has 0 fully saturated rings. The summed E-state index contributed by atoms with van der Waals surface area (Å²) in [6, 6.07) is 0. The Hall–Kier alpha value is -1.32. The predicted octanol–water partition coefficient (Wildman–Crippen LogP) is 1.85. The highest BCUT2D eigenvalue weighted by molar-refractivity contribution is 5.57. The van der Waals surface area contributed by atoms with E-state index >= 15 is 0 Å². The number of hydrogen-bond acceptors (Lipinski definition) is 4. The van der Waals surface area contributed by atoms with Crippen molar-refractivity contribution in [3.63, 3.8) is 0 Å². The number of aromatic nitrogens is 2. The molecule has 84 valence electrons. The molecule has 0 radical (unpaired) electrons. The molecule has 0 aliphatic rings. The van der Waals surface area contributed by atoms with Crippen LogP contribution in [0.5, 0.6) is 0 Å². The van der Waals surface area contributed by atoms with Gasteiger partial charge in [-0.05, 0) is 13.3 Å². The molecule has 0 aliphatic heterocycles. The molecule has 4 nitrogen and oxygen atoms in total. The van der Waals surface area contributed by atoms with E-state index in [0.717, 1.165) is 35.9 Å². The Labute approximate surface area is 91.7 Å². The molecule has 0 aliphatic carbocycles. The summed E-state index contributed by atoms with van der Waals surface area (Å²) in [4.78, 5) is 11.0. The molecule has 1 aromatic rings. The van der Waals surface area contributed by atoms with E-state index in [1.807, 2.05) is 33.0 Å². The lowest BCUT2D eigenvalue weighted by Gasteiger charge is -2.17. The second-order valence-electron chi connectivity index (χ2n) is 3.83. The summed E-state index contributed by atoms with van der Waals surface area (Å²) < 4.78 is 0. The van der Waals surface area contributed by atoms with Crippen LogP contribution in [0.2, 0.25) is 0 Å². The van der Waals surface area contributed by atoms with Crippen LogP contribution < -0.4 is 10.2 Å². The van der Waals surface area contributed by atoms with Crippen molar-refractivity contribution in [2.45, 2.75) is 26.7 Å². The van der Waals surface area contributed by atoms with Gasteiger partial charge < -0.3 is 10.2 Å². The first-order valence-electron chi connectivity index (χ1n) is 5.32. The quantitative estimate of drug-likeness (QED) is 0.819. The van der Waals surface area contributed by atoms with Crippen LogP contribution in [-0.4, -0.2) is 31.1 Å². The molecule has 0 unspecified atom stereocenters. The number of nitrogens with one attached hydrogen (secondary N) is 1. The molecule has 0 saturated heterocycles. The fourth-order valence-electron chi connectivity index (χ4n) is 1.56. The van der Waals surface area contributed by atoms with Crippen molar-refractivity contribution >= 4 is 11.6 Å². The molecule has 0 amide bonds. The van der Waals surface area contributed by atoms with Gasteiger partial charge in [0.2, 0.25) is 0 Å². The van der Waals surface area contributed by atoms with Gasteiger partial charge in [-0.3, -0.25) is 0 Å². The van der Waals surface area contributed by atoms with Crippen molar-refractivity contribution in [1.82, 2.24) is 9.97 Å². The molecule has 1 rings (SSSR count). The highest BCUT2D eigenvalue weighted by atomic mass is 15.2. The second-order valence-corrected chi connectivity index (χ2v) is 3.83. The zero-order valence-electron chi connectivity index (χ0n) is 10.3. The molecule has 0 saturated carbocycles. The Morgan fingerprint density at radius 1 is 1.27 bits per heavy atom. The Bertz CT molecular complexity index is 334. The predicted molar refractivity (Wildman–Crippen MR) is 64.6 cm³/mol. The largest absolute Gasteiger partial charge is 0.373 e. The number of hydrogen-bond donors (Lipinski definition) is 1. The molecular formula is C11H20N4. The number of anilines is 2. The van der Waals surface area contributed by atoms with Gasteiger partial charge in [0.05, 0.1) is 0 Å². The first-order chi connectivity index (χ1) is 7.10. The van der Waals surface area contributed by atoms with E-state index in [1.165, 1.54) is 0 Å². The molecule has 1 N–H and O–H groups in total. The van der Waals surface area contributed by atoms with Crippen LogP contribution in [0, 0.1) is 6.92 Å². The van der Waals surface area contributed by atoms with E-state index < -0.39 is 0 Å². The van der Waals surface area contributed by atoms with Crippen molar-refractivity contribution < 1.29 is 0 Å². The molecule has 15 heavy (non-hydrogen) atoms. The Kier molecular flexibility index (Phi) is 3.88. The third kappa shape index (κ3) is 2.58. The Morgan fingerprint density at radius 2 is 1.93 bits per heavy atom. The summed E-state index contributed by atoms with van der Waals surface area (Å²) in [5.74, 6) is 2.84. The monoisotopic (exact) mass is 208 g/mol. The lowest BCUT2D eigenvalue weighted by Crippen LogP contribution is -2.16. The minimum absolute atomic E-state index is 0.913. The molecule has 0 aromatic carbocycles. The van der Waals surface area contributed by atoms with Crippen molar-refractivity contribution in [3.8, 4) is 0 Å². The summed E-state index contributed by atoms with van der Waals surface area (Å²) in [7, 11) is 5.90. The first-order valence-corrected chi connectivity index (χ1v) is 5.32. The SMILES string of the molecule is CCCc1nc(NC)c(C)c(N(C)C)n1. The maximum Gasteiger partial charge on any atom is 0.136 e. The molecule has 0 bridgehead atoms. The summed E-state index contributed by atoms with van der Waals surface area (Å²) in [6.07, 6.45) is 1.99. The minimum Gasteiger partial charge on any atom is -0.373 e. The van der Waals surface area contributed by atoms with Crippen LogP contribution >= 0.6 is 0 Å². The van der Waals surface area contributed by atoms with Crippen molar-refractivity contribution in [2.75, 3.05) is 31.4 Å². The van der Waals surface area contributed by atoms with Crippen LogP contribution in [0.15, 0.2) is 0 Å². The third-order valence-electron chi connectivity index (χ3n) is 2.30. The van der Waals surface area contributed by atoms with Crippen LogP contribution in [0.3, 0.4) is 0 Å². The van der Waals surface area contributed by atoms with Gasteiger partial charge in [-0.2, -0.15) is 0 Å². The van der Waals surface area contributed by atoms with E-state index in [0.29, 0.717) is 0 Å². The van der Waals surface area contributed by atoms with Crippen molar-refractivity contribution in [1.29, 1.82) is 0 Å².